The summed E-state index contributed by atoms with van der Waals surface area (Å²) >= 11 is 1.43. The van der Waals surface area contributed by atoms with Gasteiger partial charge in [0.1, 0.15) is 11.6 Å². The molecule has 0 saturated heterocycles. The molecule has 0 radical (unpaired) electrons. The molecular formula is C25H34N6O4S. The monoisotopic (exact) mass is 514 g/mol. The number of esters is 1. The lowest BCUT2D eigenvalue weighted by Gasteiger charge is -2.27. The van der Waals surface area contributed by atoms with Gasteiger partial charge in [0.25, 0.3) is 0 Å². The minimum Gasteiger partial charge on any atom is -0.464 e. The number of anilines is 1. The van der Waals surface area contributed by atoms with Crippen LogP contribution in [0.15, 0.2) is 40.3 Å². The van der Waals surface area contributed by atoms with E-state index in [1.807, 2.05) is 51.1 Å². The van der Waals surface area contributed by atoms with Crippen molar-refractivity contribution in [2.75, 3.05) is 25.1 Å². The van der Waals surface area contributed by atoms with Crippen LogP contribution in [0.2, 0.25) is 0 Å². The number of benzene rings is 1. The maximum absolute atomic E-state index is 13.7. The quantitative estimate of drug-likeness (QED) is 0.247. The third-order valence-corrected chi connectivity index (χ3v) is 6.66. The van der Waals surface area contributed by atoms with Crippen LogP contribution >= 0.6 is 11.8 Å². The van der Waals surface area contributed by atoms with Crippen LogP contribution in [0.3, 0.4) is 0 Å². The Morgan fingerprint density at radius 2 is 1.86 bits per heavy atom. The molecule has 0 saturated carbocycles. The SMILES string of the molecule is CCCSc1nc(N)c2c(n1)n(Cc1ccccc1)c(=O)n2C(=O)N(C)C(CC(C)C)C(=O)OCC. The second kappa shape index (κ2) is 12.1. The van der Waals surface area contributed by atoms with E-state index in [1.54, 1.807) is 6.92 Å². The topological polar surface area (TPSA) is 125 Å². The van der Waals surface area contributed by atoms with Crippen LogP contribution in [0.5, 0.6) is 0 Å². The van der Waals surface area contributed by atoms with E-state index >= 15 is 0 Å². The van der Waals surface area contributed by atoms with Crippen LogP contribution in [0.25, 0.3) is 11.2 Å². The number of nitrogen functional groups attached to an aromatic ring is 1. The maximum Gasteiger partial charge on any atom is 0.339 e. The predicted molar refractivity (Wildman–Crippen MR) is 141 cm³/mol. The molecule has 1 unspecified atom stereocenters. The highest BCUT2D eigenvalue weighted by atomic mass is 32.2. The summed E-state index contributed by atoms with van der Waals surface area (Å²) in [4.78, 5) is 50.3. The molecule has 0 bridgehead atoms. The molecule has 0 aliphatic rings. The Morgan fingerprint density at radius 3 is 2.47 bits per heavy atom. The van der Waals surface area contributed by atoms with Gasteiger partial charge in [0.15, 0.2) is 16.6 Å². The Kier molecular flexibility index (Phi) is 9.14. The number of thioether (sulfide) groups is 1. The fraction of sp³-hybridized carbons (Fsp3) is 0.480. The van der Waals surface area contributed by atoms with Crippen LogP contribution in [0, 0.1) is 5.92 Å². The molecule has 0 fully saturated rings. The van der Waals surface area contributed by atoms with Crippen molar-refractivity contribution < 1.29 is 14.3 Å². The lowest BCUT2D eigenvalue weighted by atomic mass is 10.0. The molecule has 2 aromatic heterocycles. The zero-order chi connectivity index (χ0) is 26.4. The average molecular weight is 515 g/mol. The number of hydrogen-bond acceptors (Lipinski definition) is 8. The van der Waals surface area contributed by atoms with Crippen molar-refractivity contribution in [1.82, 2.24) is 24.0 Å². The number of carbonyl (C=O) groups is 2. The van der Waals surface area contributed by atoms with E-state index in [-0.39, 0.29) is 36.1 Å². The van der Waals surface area contributed by atoms with Crippen molar-refractivity contribution >= 4 is 40.7 Å². The number of nitrogens with zero attached hydrogens (tertiary/aromatic N) is 5. The molecule has 194 valence electrons. The molecule has 0 aliphatic heterocycles. The molecule has 1 amide bonds. The number of ether oxygens (including phenoxy) is 1. The summed E-state index contributed by atoms with van der Waals surface area (Å²) < 4.78 is 7.60. The molecule has 0 spiro atoms. The number of carbonyl (C=O) groups excluding carboxylic acids is 2. The van der Waals surface area contributed by atoms with E-state index in [0.717, 1.165) is 22.3 Å². The number of rotatable bonds is 10. The first kappa shape index (κ1) is 27.3. The smallest absolute Gasteiger partial charge is 0.339 e. The van der Waals surface area contributed by atoms with Gasteiger partial charge in [-0.2, -0.15) is 0 Å². The van der Waals surface area contributed by atoms with Gasteiger partial charge in [0, 0.05) is 12.8 Å². The van der Waals surface area contributed by atoms with Crippen molar-refractivity contribution in [2.45, 2.75) is 58.3 Å². The zero-order valence-corrected chi connectivity index (χ0v) is 22.2. The third-order valence-electron chi connectivity index (χ3n) is 5.61. The van der Waals surface area contributed by atoms with Crippen LogP contribution in [-0.4, -0.2) is 61.5 Å². The van der Waals surface area contributed by atoms with Gasteiger partial charge in [0.2, 0.25) is 0 Å². The summed E-state index contributed by atoms with van der Waals surface area (Å²) in [5.74, 6) is 0.399. The summed E-state index contributed by atoms with van der Waals surface area (Å²) in [5.41, 5.74) is 6.97. The summed E-state index contributed by atoms with van der Waals surface area (Å²) in [7, 11) is 1.49. The van der Waals surface area contributed by atoms with Crippen LogP contribution in [-0.2, 0) is 16.1 Å². The molecule has 0 aliphatic carbocycles. The first-order valence-corrected chi connectivity index (χ1v) is 13.1. The molecule has 3 aromatic rings. The van der Waals surface area contributed by atoms with Crippen molar-refractivity contribution in [3.63, 3.8) is 0 Å². The van der Waals surface area contributed by atoms with Crippen molar-refractivity contribution in [3.05, 3.63) is 46.4 Å². The van der Waals surface area contributed by atoms with Gasteiger partial charge in [-0.05, 0) is 31.2 Å². The van der Waals surface area contributed by atoms with Gasteiger partial charge >= 0.3 is 17.7 Å². The zero-order valence-electron chi connectivity index (χ0n) is 21.4. The second-order valence-corrected chi connectivity index (χ2v) is 9.95. The third kappa shape index (κ3) is 5.89. The van der Waals surface area contributed by atoms with E-state index < -0.39 is 23.7 Å². The lowest BCUT2D eigenvalue weighted by molar-refractivity contribution is -0.148. The number of imidazole rings is 1. The Bertz CT molecular complexity index is 1270. The number of fused-ring (bicyclic) bond motifs is 1. The fourth-order valence-corrected chi connectivity index (χ4v) is 4.58. The molecule has 1 atom stereocenters. The molecule has 2 heterocycles. The van der Waals surface area contributed by atoms with E-state index in [4.69, 9.17) is 10.5 Å². The largest absolute Gasteiger partial charge is 0.464 e. The predicted octanol–water partition coefficient (Wildman–Crippen LogP) is 3.60. The van der Waals surface area contributed by atoms with E-state index in [2.05, 4.69) is 9.97 Å². The molecule has 3 rings (SSSR count). The Hall–Kier alpha value is -3.34. The highest BCUT2D eigenvalue weighted by Crippen LogP contribution is 2.24. The van der Waals surface area contributed by atoms with E-state index in [0.29, 0.717) is 11.6 Å². The Balaban J connectivity index is 2.17. The summed E-state index contributed by atoms with van der Waals surface area (Å²) in [5, 5.41) is 0.436. The van der Waals surface area contributed by atoms with Gasteiger partial charge < -0.3 is 15.4 Å². The van der Waals surface area contributed by atoms with Gasteiger partial charge in [0.05, 0.1) is 13.2 Å². The molecule has 36 heavy (non-hydrogen) atoms. The first-order chi connectivity index (χ1) is 17.2. The number of likely N-dealkylation sites (N-methyl/N-ethyl adjacent to an activating group) is 1. The Morgan fingerprint density at radius 1 is 1.17 bits per heavy atom. The molecule has 10 nitrogen and oxygen atoms in total. The summed E-state index contributed by atoms with van der Waals surface area (Å²) in [6.07, 6.45) is 1.29. The minimum absolute atomic E-state index is 0.0285. The summed E-state index contributed by atoms with van der Waals surface area (Å²) in [6.45, 7) is 8.03. The number of aromatic nitrogens is 4. The molecule has 11 heteroatoms. The Labute approximate surface area is 214 Å². The molecule has 1 aromatic carbocycles. The van der Waals surface area contributed by atoms with Crippen molar-refractivity contribution in [1.29, 1.82) is 0 Å². The van der Waals surface area contributed by atoms with E-state index in [9.17, 15) is 14.4 Å². The highest BCUT2D eigenvalue weighted by molar-refractivity contribution is 7.99. The number of amides is 1. The molecule has 2 N–H and O–H groups in total. The normalized spacial score (nSPS) is 12.2. The first-order valence-electron chi connectivity index (χ1n) is 12.1. The fourth-order valence-electron chi connectivity index (χ4n) is 3.88. The minimum atomic E-state index is -0.863. The second-order valence-electron chi connectivity index (χ2n) is 8.89. The van der Waals surface area contributed by atoms with Gasteiger partial charge in [-0.3, -0.25) is 4.57 Å². The van der Waals surface area contributed by atoms with Crippen molar-refractivity contribution in [2.24, 2.45) is 5.92 Å². The molecular weight excluding hydrogens is 480 g/mol. The van der Waals surface area contributed by atoms with Crippen LogP contribution in [0.4, 0.5) is 10.6 Å². The number of hydrogen-bond donors (Lipinski definition) is 1. The van der Waals surface area contributed by atoms with Gasteiger partial charge in [-0.15, -0.1) is 0 Å². The van der Waals surface area contributed by atoms with Gasteiger partial charge in [-0.25, -0.2) is 28.9 Å². The van der Waals surface area contributed by atoms with Crippen molar-refractivity contribution in [3.8, 4) is 0 Å². The average Bonchev–Trinajstić information content (AvgIpc) is 3.12. The van der Waals surface area contributed by atoms with Crippen LogP contribution < -0.4 is 11.4 Å². The highest BCUT2D eigenvalue weighted by Gasteiger charge is 2.33. The standard InChI is InChI=1S/C25H34N6O4S/c1-6-13-36-23-27-20(26)19-21(28-23)30(15-17-11-9-8-10-12-17)25(34)31(19)24(33)29(5)18(14-16(3)4)22(32)35-7-2/h8-12,16,18H,6-7,13-15H2,1-5H3,(H2,26,27,28). The maximum atomic E-state index is 13.7. The lowest BCUT2D eigenvalue weighted by Crippen LogP contribution is -2.48. The number of nitrogens with two attached hydrogens (primary N) is 1. The summed E-state index contributed by atoms with van der Waals surface area (Å²) in [6, 6.07) is 7.86. The van der Waals surface area contributed by atoms with E-state index in [1.165, 1.54) is 28.3 Å². The van der Waals surface area contributed by atoms with Gasteiger partial charge in [-0.1, -0.05) is 62.9 Å². The van der Waals surface area contributed by atoms with Crippen LogP contribution in [0.1, 0.15) is 46.1 Å².